The lowest BCUT2D eigenvalue weighted by atomic mass is 10.2. The van der Waals surface area contributed by atoms with Crippen molar-refractivity contribution in [2.45, 2.75) is 64.6 Å². The van der Waals surface area contributed by atoms with E-state index in [4.69, 9.17) is 4.42 Å². The van der Waals surface area contributed by atoms with E-state index in [2.05, 4.69) is 23.9 Å². The van der Waals surface area contributed by atoms with Gasteiger partial charge < -0.3 is 9.73 Å². The number of sulfonamides is 1. The van der Waals surface area contributed by atoms with Gasteiger partial charge in [0, 0.05) is 18.2 Å². The van der Waals surface area contributed by atoms with Crippen LogP contribution < -0.4 is 10.0 Å². The maximum atomic E-state index is 12.4. The Morgan fingerprint density at radius 2 is 2.05 bits per heavy atom. The predicted octanol–water partition coefficient (Wildman–Crippen LogP) is 2.16. The van der Waals surface area contributed by atoms with Gasteiger partial charge in [0.15, 0.2) is 0 Å². The van der Waals surface area contributed by atoms with Gasteiger partial charge in [0.1, 0.15) is 16.4 Å². The molecular weight excluding hydrogens is 276 g/mol. The summed E-state index contributed by atoms with van der Waals surface area (Å²) in [6.07, 6.45) is 0.880. The summed E-state index contributed by atoms with van der Waals surface area (Å²) in [5.74, 6) is 1.09. The van der Waals surface area contributed by atoms with E-state index in [1.54, 1.807) is 13.0 Å². The highest BCUT2D eigenvalue weighted by atomic mass is 32.2. The summed E-state index contributed by atoms with van der Waals surface area (Å²) in [7, 11) is -3.49. The van der Waals surface area contributed by atoms with Crippen LogP contribution in [0, 0.1) is 12.3 Å². The molecule has 0 spiro atoms. The van der Waals surface area contributed by atoms with E-state index in [0.717, 1.165) is 6.42 Å². The fraction of sp³-hybridized carbons (Fsp3) is 0.714. The molecule has 0 aliphatic heterocycles. The SMILES string of the molecule is Cc1oc(CNC(C)C)cc1S(=O)(=O)NC1CC1(C)C. The van der Waals surface area contributed by atoms with Gasteiger partial charge in [-0.05, 0) is 18.8 Å². The van der Waals surface area contributed by atoms with Crippen LogP contribution in [0.15, 0.2) is 15.4 Å². The van der Waals surface area contributed by atoms with E-state index in [0.29, 0.717) is 24.1 Å². The normalized spacial score (nSPS) is 21.4. The zero-order valence-electron chi connectivity index (χ0n) is 12.8. The van der Waals surface area contributed by atoms with Crippen LogP contribution in [-0.2, 0) is 16.6 Å². The lowest BCUT2D eigenvalue weighted by molar-refractivity contribution is 0.444. The third-order valence-corrected chi connectivity index (χ3v) is 5.29. The van der Waals surface area contributed by atoms with E-state index in [1.165, 1.54) is 0 Å². The van der Waals surface area contributed by atoms with E-state index >= 15 is 0 Å². The van der Waals surface area contributed by atoms with Gasteiger partial charge in [0.2, 0.25) is 10.0 Å². The Labute approximate surface area is 121 Å². The molecule has 0 aromatic carbocycles. The Morgan fingerprint density at radius 1 is 1.45 bits per heavy atom. The number of rotatable bonds is 6. The van der Waals surface area contributed by atoms with Gasteiger partial charge in [-0.3, -0.25) is 0 Å². The molecule has 0 radical (unpaired) electrons. The first kappa shape index (κ1) is 15.5. The molecule has 2 N–H and O–H groups in total. The second-order valence-electron chi connectivity index (χ2n) is 6.54. The van der Waals surface area contributed by atoms with Gasteiger partial charge in [-0.25, -0.2) is 13.1 Å². The Morgan fingerprint density at radius 3 is 2.55 bits per heavy atom. The quantitative estimate of drug-likeness (QED) is 0.844. The molecular formula is C14H24N2O3S. The van der Waals surface area contributed by atoms with Crippen molar-refractivity contribution >= 4 is 10.0 Å². The Balaban J connectivity index is 2.11. The minimum Gasteiger partial charge on any atom is -0.464 e. The van der Waals surface area contributed by atoms with Crippen molar-refractivity contribution in [1.82, 2.24) is 10.0 Å². The van der Waals surface area contributed by atoms with Crippen molar-refractivity contribution in [3.05, 3.63) is 17.6 Å². The monoisotopic (exact) mass is 300 g/mol. The Hall–Kier alpha value is -0.850. The summed E-state index contributed by atoms with van der Waals surface area (Å²) in [6, 6.07) is 1.97. The summed E-state index contributed by atoms with van der Waals surface area (Å²) < 4.78 is 33.0. The zero-order chi connectivity index (χ0) is 15.1. The lowest BCUT2D eigenvalue weighted by Gasteiger charge is -2.06. The molecule has 20 heavy (non-hydrogen) atoms. The fourth-order valence-corrected chi connectivity index (χ4v) is 3.71. The number of hydrogen-bond donors (Lipinski definition) is 2. The van der Waals surface area contributed by atoms with Crippen LogP contribution >= 0.6 is 0 Å². The van der Waals surface area contributed by atoms with Gasteiger partial charge in [-0.15, -0.1) is 0 Å². The smallest absolute Gasteiger partial charge is 0.244 e. The molecule has 6 heteroatoms. The summed E-state index contributed by atoms with van der Waals surface area (Å²) in [5, 5.41) is 3.21. The predicted molar refractivity (Wildman–Crippen MR) is 77.9 cm³/mol. The van der Waals surface area contributed by atoms with Crippen LogP contribution in [0.3, 0.4) is 0 Å². The van der Waals surface area contributed by atoms with Crippen LogP contribution in [0.2, 0.25) is 0 Å². The van der Waals surface area contributed by atoms with Crippen molar-refractivity contribution in [2.24, 2.45) is 5.41 Å². The first-order valence-electron chi connectivity index (χ1n) is 6.97. The van der Waals surface area contributed by atoms with Crippen LogP contribution in [0.1, 0.15) is 45.6 Å². The molecule has 0 bridgehead atoms. The van der Waals surface area contributed by atoms with Crippen molar-refractivity contribution in [3.8, 4) is 0 Å². The lowest BCUT2D eigenvalue weighted by Crippen LogP contribution is -2.28. The number of furan rings is 1. The first-order valence-corrected chi connectivity index (χ1v) is 8.45. The summed E-state index contributed by atoms with van der Waals surface area (Å²) >= 11 is 0. The number of nitrogens with one attached hydrogen (secondary N) is 2. The maximum absolute atomic E-state index is 12.4. The first-order chi connectivity index (χ1) is 9.12. The highest BCUT2D eigenvalue weighted by Crippen LogP contribution is 2.45. The summed E-state index contributed by atoms with van der Waals surface area (Å²) in [5.41, 5.74) is 0.0622. The molecule has 1 saturated carbocycles. The molecule has 5 nitrogen and oxygen atoms in total. The van der Waals surface area contributed by atoms with Gasteiger partial charge in [-0.1, -0.05) is 27.7 Å². The van der Waals surface area contributed by atoms with Crippen LogP contribution in [0.25, 0.3) is 0 Å². The second-order valence-corrected chi connectivity index (χ2v) is 8.22. The van der Waals surface area contributed by atoms with Crippen LogP contribution in [0.4, 0.5) is 0 Å². The highest BCUT2D eigenvalue weighted by molar-refractivity contribution is 7.89. The second kappa shape index (κ2) is 5.16. The van der Waals surface area contributed by atoms with Crippen molar-refractivity contribution in [2.75, 3.05) is 0 Å². The van der Waals surface area contributed by atoms with Crippen molar-refractivity contribution in [3.63, 3.8) is 0 Å². The van der Waals surface area contributed by atoms with E-state index in [1.807, 2.05) is 13.8 Å². The highest BCUT2D eigenvalue weighted by Gasteiger charge is 2.48. The third-order valence-electron chi connectivity index (χ3n) is 3.71. The average Bonchev–Trinajstić information content (AvgIpc) is 2.71. The standard InChI is InChI=1S/C14H24N2O3S/c1-9(2)15-8-11-6-12(10(3)19-11)20(17,18)16-13-7-14(13,4)5/h6,9,13,15-16H,7-8H2,1-5H3. The molecule has 1 aliphatic carbocycles. The van der Waals surface area contributed by atoms with Gasteiger partial charge in [0.05, 0.1) is 6.54 Å². The molecule has 1 aromatic heterocycles. The van der Waals surface area contributed by atoms with Gasteiger partial charge in [-0.2, -0.15) is 0 Å². The largest absolute Gasteiger partial charge is 0.464 e. The summed E-state index contributed by atoms with van der Waals surface area (Å²) in [4.78, 5) is 0.251. The molecule has 1 heterocycles. The average molecular weight is 300 g/mol. The molecule has 1 atom stereocenters. The van der Waals surface area contributed by atoms with Crippen LogP contribution in [0.5, 0.6) is 0 Å². The molecule has 2 rings (SSSR count). The molecule has 114 valence electrons. The van der Waals surface area contributed by atoms with E-state index in [-0.39, 0.29) is 16.4 Å². The zero-order valence-corrected chi connectivity index (χ0v) is 13.6. The van der Waals surface area contributed by atoms with E-state index in [9.17, 15) is 8.42 Å². The number of aryl methyl sites for hydroxylation is 1. The van der Waals surface area contributed by atoms with Gasteiger partial charge in [0.25, 0.3) is 0 Å². The Bertz CT molecular complexity index is 588. The molecule has 1 fully saturated rings. The van der Waals surface area contributed by atoms with Crippen LogP contribution in [-0.4, -0.2) is 20.5 Å². The molecule has 0 saturated heterocycles. The fourth-order valence-electron chi connectivity index (χ4n) is 2.10. The summed E-state index contributed by atoms with van der Waals surface area (Å²) in [6.45, 7) is 10.4. The minimum absolute atomic E-state index is 0.0269. The van der Waals surface area contributed by atoms with Gasteiger partial charge >= 0.3 is 0 Å². The molecule has 0 amide bonds. The molecule has 1 aliphatic rings. The van der Waals surface area contributed by atoms with Crippen molar-refractivity contribution in [1.29, 1.82) is 0 Å². The Kier molecular flexibility index (Phi) is 4.01. The number of hydrogen-bond acceptors (Lipinski definition) is 4. The maximum Gasteiger partial charge on any atom is 0.244 e. The topological polar surface area (TPSA) is 71.3 Å². The van der Waals surface area contributed by atoms with E-state index < -0.39 is 10.0 Å². The molecule has 1 aromatic rings. The molecule has 1 unspecified atom stereocenters. The minimum atomic E-state index is -3.49. The third kappa shape index (κ3) is 3.42. The van der Waals surface area contributed by atoms with Crippen molar-refractivity contribution < 1.29 is 12.8 Å².